The second kappa shape index (κ2) is 5.75. The van der Waals surface area contributed by atoms with Crippen LogP contribution in [0.4, 0.5) is 0 Å². The molecule has 0 aliphatic rings. The molecule has 18 heavy (non-hydrogen) atoms. The van der Waals surface area contributed by atoms with Crippen LogP contribution in [0.2, 0.25) is 0 Å². The van der Waals surface area contributed by atoms with Gasteiger partial charge in [0.15, 0.2) is 0 Å². The number of nitrogens with zero attached hydrogens (tertiary/aromatic N) is 3. The number of hydrazine groups is 1. The number of pyridine rings is 1. The number of aromatic nitrogens is 3. The Morgan fingerprint density at radius 3 is 2.83 bits per heavy atom. The van der Waals surface area contributed by atoms with E-state index in [2.05, 4.69) is 27.6 Å². The predicted molar refractivity (Wildman–Crippen MR) is 70.7 cm³/mol. The van der Waals surface area contributed by atoms with Gasteiger partial charge in [-0.05, 0) is 31.0 Å². The molecule has 0 saturated carbocycles. The van der Waals surface area contributed by atoms with Crippen molar-refractivity contribution in [2.45, 2.75) is 25.8 Å². The summed E-state index contributed by atoms with van der Waals surface area (Å²) in [5, 5.41) is 4.34. The van der Waals surface area contributed by atoms with Crippen LogP contribution in [0.15, 0.2) is 30.6 Å². The minimum absolute atomic E-state index is 0.184. The molecule has 5 heteroatoms. The minimum atomic E-state index is 0.184. The molecule has 2 heterocycles. The molecule has 3 N–H and O–H groups in total. The topological polar surface area (TPSA) is 68.8 Å². The van der Waals surface area contributed by atoms with E-state index in [9.17, 15) is 0 Å². The van der Waals surface area contributed by atoms with E-state index in [1.54, 1.807) is 6.20 Å². The highest BCUT2D eigenvalue weighted by molar-refractivity contribution is 5.14. The van der Waals surface area contributed by atoms with Crippen molar-refractivity contribution >= 4 is 0 Å². The van der Waals surface area contributed by atoms with Crippen LogP contribution in [0.1, 0.15) is 17.0 Å². The summed E-state index contributed by atoms with van der Waals surface area (Å²) in [6.07, 6.45) is 5.36. The molecular formula is C13H19N5. The molecule has 0 saturated heterocycles. The molecular weight excluding hydrogens is 226 g/mol. The zero-order valence-corrected chi connectivity index (χ0v) is 10.8. The fraction of sp³-hybridized carbons (Fsp3) is 0.385. The highest BCUT2D eigenvalue weighted by atomic mass is 15.3. The standard InChI is InChI=1S/C13H19N5/c1-10-6-13(18(2)17-10)8-12(16-14)7-11-4-3-5-15-9-11/h3-6,9,12,16H,7-8,14H2,1-2H3. The van der Waals surface area contributed by atoms with Crippen molar-refractivity contribution in [3.63, 3.8) is 0 Å². The highest BCUT2D eigenvalue weighted by Gasteiger charge is 2.12. The normalized spacial score (nSPS) is 12.6. The first-order valence-corrected chi connectivity index (χ1v) is 6.03. The van der Waals surface area contributed by atoms with Gasteiger partial charge in [-0.15, -0.1) is 0 Å². The molecule has 2 aromatic rings. The molecule has 0 spiro atoms. The number of hydrogen-bond donors (Lipinski definition) is 2. The molecule has 1 atom stereocenters. The fourth-order valence-corrected chi connectivity index (χ4v) is 2.10. The van der Waals surface area contributed by atoms with Gasteiger partial charge in [-0.25, -0.2) is 0 Å². The molecule has 0 bridgehead atoms. The van der Waals surface area contributed by atoms with E-state index in [1.807, 2.05) is 30.9 Å². The van der Waals surface area contributed by atoms with Crippen LogP contribution >= 0.6 is 0 Å². The van der Waals surface area contributed by atoms with Crippen LogP contribution in [0.25, 0.3) is 0 Å². The summed E-state index contributed by atoms with van der Waals surface area (Å²) in [5.41, 5.74) is 6.26. The van der Waals surface area contributed by atoms with Crippen molar-refractivity contribution in [2.75, 3.05) is 0 Å². The Morgan fingerprint density at radius 1 is 1.44 bits per heavy atom. The molecule has 1 unspecified atom stereocenters. The molecule has 2 rings (SSSR count). The monoisotopic (exact) mass is 245 g/mol. The molecule has 0 aromatic carbocycles. The van der Waals surface area contributed by atoms with Crippen LogP contribution in [0.5, 0.6) is 0 Å². The van der Waals surface area contributed by atoms with Gasteiger partial charge in [-0.1, -0.05) is 6.07 Å². The van der Waals surface area contributed by atoms with Crippen molar-refractivity contribution in [1.82, 2.24) is 20.2 Å². The zero-order chi connectivity index (χ0) is 13.0. The SMILES string of the molecule is Cc1cc(CC(Cc2cccnc2)NN)n(C)n1. The smallest absolute Gasteiger partial charge is 0.0596 e. The van der Waals surface area contributed by atoms with E-state index in [0.29, 0.717) is 0 Å². The Labute approximate surface area is 107 Å². The second-order valence-electron chi connectivity index (χ2n) is 4.53. The molecule has 2 aromatic heterocycles. The van der Waals surface area contributed by atoms with Gasteiger partial charge in [0, 0.05) is 37.6 Å². The Kier molecular flexibility index (Phi) is 4.07. The van der Waals surface area contributed by atoms with Crippen molar-refractivity contribution in [2.24, 2.45) is 12.9 Å². The van der Waals surface area contributed by atoms with Crippen LogP contribution < -0.4 is 11.3 Å². The predicted octanol–water partition coefficient (Wildman–Crippen LogP) is 0.741. The average molecular weight is 245 g/mol. The fourth-order valence-electron chi connectivity index (χ4n) is 2.10. The van der Waals surface area contributed by atoms with Crippen LogP contribution in [-0.2, 0) is 19.9 Å². The lowest BCUT2D eigenvalue weighted by atomic mass is 10.0. The number of nitrogens with one attached hydrogen (secondary N) is 1. The summed E-state index contributed by atoms with van der Waals surface area (Å²) >= 11 is 0. The summed E-state index contributed by atoms with van der Waals surface area (Å²) in [4.78, 5) is 4.11. The lowest BCUT2D eigenvalue weighted by molar-refractivity contribution is 0.504. The largest absolute Gasteiger partial charge is 0.272 e. The van der Waals surface area contributed by atoms with Gasteiger partial charge in [0.2, 0.25) is 0 Å². The Hall–Kier alpha value is -1.72. The molecule has 0 amide bonds. The molecule has 0 aliphatic carbocycles. The van der Waals surface area contributed by atoms with E-state index >= 15 is 0 Å². The van der Waals surface area contributed by atoms with E-state index in [4.69, 9.17) is 5.84 Å². The van der Waals surface area contributed by atoms with Crippen LogP contribution in [-0.4, -0.2) is 20.8 Å². The third-order valence-electron chi connectivity index (χ3n) is 3.00. The van der Waals surface area contributed by atoms with Gasteiger partial charge in [0.25, 0.3) is 0 Å². The second-order valence-corrected chi connectivity index (χ2v) is 4.53. The van der Waals surface area contributed by atoms with E-state index < -0.39 is 0 Å². The quantitative estimate of drug-likeness (QED) is 0.602. The number of rotatable bonds is 5. The molecule has 0 radical (unpaired) electrons. The lowest BCUT2D eigenvalue weighted by Crippen LogP contribution is -2.38. The van der Waals surface area contributed by atoms with E-state index in [1.165, 1.54) is 11.3 Å². The molecule has 0 aliphatic heterocycles. The first-order valence-electron chi connectivity index (χ1n) is 6.03. The maximum Gasteiger partial charge on any atom is 0.0596 e. The van der Waals surface area contributed by atoms with Gasteiger partial charge < -0.3 is 0 Å². The van der Waals surface area contributed by atoms with Crippen molar-refractivity contribution in [3.05, 3.63) is 47.5 Å². The van der Waals surface area contributed by atoms with Gasteiger partial charge in [0.05, 0.1) is 5.69 Å². The van der Waals surface area contributed by atoms with Gasteiger partial charge >= 0.3 is 0 Å². The summed E-state index contributed by atoms with van der Waals surface area (Å²) < 4.78 is 1.91. The number of hydrogen-bond acceptors (Lipinski definition) is 4. The van der Waals surface area contributed by atoms with Crippen LogP contribution in [0, 0.1) is 6.92 Å². The maximum atomic E-state index is 5.63. The molecule has 96 valence electrons. The molecule has 0 fully saturated rings. The maximum absolute atomic E-state index is 5.63. The van der Waals surface area contributed by atoms with Crippen molar-refractivity contribution in [1.29, 1.82) is 0 Å². The Morgan fingerprint density at radius 2 is 2.28 bits per heavy atom. The van der Waals surface area contributed by atoms with Crippen molar-refractivity contribution in [3.8, 4) is 0 Å². The summed E-state index contributed by atoms with van der Waals surface area (Å²) in [6.45, 7) is 2.00. The average Bonchev–Trinajstić information content (AvgIpc) is 2.68. The molecule has 5 nitrogen and oxygen atoms in total. The first kappa shape index (κ1) is 12.7. The van der Waals surface area contributed by atoms with Gasteiger partial charge in [-0.3, -0.25) is 20.9 Å². The summed E-state index contributed by atoms with van der Waals surface area (Å²) in [5.74, 6) is 5.63. The third-order valence-corrected chi connectivity index (χ3v) is 3.00. The van der Waals surface area contributed by atoms with Crippen molar-refractivity contribution < 1.29 is 0 Å². The highest BCUT2D eigenvalue weighted by Crippen LogP contribution is 2.09. The lowest BCUT2D eigenvalue weighted by Gasteiger charge is -2.15. The van der Waals surface area contributed by atoms with E-state index in [0.717, 1.165) is 18.5 Å². The third kappa shape index (κ3) is 3.15. The number of aryl methyl sites for hydroxylation is 2. The van der Waals surface area contributed by atoms with E-state index in [-0.39, 0.29) is 6.04 Å². The minimum Gasteiger partial charge on any atom is -0.272 e. The Bertz CT molecular complexity index is 491. The van der Waals surface area contributed by atoms with Gasteiger partial charge in [0.1, 0.15) is 0 Å². The number of nitrogens with two attached hydrogens (primary N) is 1. The van der Waals surface area contributed by atoms with Gasteiger partial charge in [-0.2, -0.15) is 5.10 Å². The first-order chi connectivity index (χ1) is 8.69. The summed E-state index contributed by atoms with van der Waals surface area (Å²) in [6, 6.07) is 6.28. The zero-order valence-electron chi connectivity index (χ0n) is 10.8. The Balaban J connectivity index is 2.04. The summed E-state index contributed by atoms with van der Waals surface area (Å²) in [7, 11) is 1.96. The van der Waals surface area contributed by atoms with Crippen LogP contribution in [0.3, 0.4) is 0 Å².